The van der Waals surface area contributed by atoms with E-state index in [0.717, 1.165) is 38.5 Å². The van der Waals surface area contributed by atoms with Gasteiger partial charge < -0.3 is 41.8 Å². The van der Waals surface area contributed by atoms with Crippen molar-refractivity contribution >= 4 is 25.8 Å². The van der Waals surface area contributed by atoms with E-state index in [-0.39, 0.29) is 40.8 Å². The van der Waals surface area contributed by atoms with Gasteiger partial charge in [-0.05, 0) is 38.5 Å². The Bertz CT molecular complexity index is 581. The maximum absolute atomic E-state index is 11.4. The van der Waals surface area contributed by atoms with Crippen molar-refractivity contribution in [3.05, 3.63) is 0 Å². The third-order valence-electron chi connectivity index (χ3n) is 10.2. The Morgan fingerprint density at radius 3 is 0.459 bits per heavy atom. The predicted molar refractivity (Wildman–Crippen MR) is 257 cm³/mol. The molecule has 0 spiro atoms. The molecule has 0 aromatic rings. The third-order valence-corrected chi connectivity index (χ3v) is 12.5. The zero-order valence-corrected chi connectivity index (χ0v) is 47.1. The van der Waals surface area contributed by atoms with Crippen molar-refractivity contribution in [1.29, 1.82) is 0 Å². The Hall–Kier alpha value is 2.28. The van der Waals surface area contributed by atoms with Crippen LogP contribution in [0.2, 0.25) is 0 Å². The van der Waals surface area contributed by atoms with Crippen LogP contribution < -0.4 is 14.7 Å². The second-order valence-corrected chi connectivity index (χ2v) is 19.2. The Balaban J connectivity index is -0.000000396. The van der Waals surface area contributed by atoms with E-state index < -0.39 is 25.8 Å². The molecular weight excluding hydrogens is 958 g/mol. The van der Waals surface area contributed by atoms with Gasteiger partial charge in [0.2, 0.25) is 0 Å². The molecule has 0 bridgehead atoms. The van der Waals surface area contributed by atoms with Crippen LogP contribution in [0.25, 0.3) is 0 Å². The fourth-order valence-corrected chi connectivity index (χ4v) is 8.13. The van der Waals surface area contributed by atoms with E-state index in [1.54, 1.807) is 0 Å². The SMILES string of the molecule is CCCCCCCCOP([O-])OCCCCCCCC.CCCCCCCCOP([O-])OCCCCCCCC.CCCCCCCCOP([O-])OCCCCCCCC.[Nd+3]. The molecule has 0 aromatic carbocycles. The summed E-state index contributed by atoms with van der Waals surface area (Å²) >= 11 is 0. The first-order valence-electron chi connectivity index (χ1n) is 25.6. The fourth-order valence-electron chi connectivity index (χ4n) is 6.24. The van der Waals surface area contributed by atoms with Gasteiger partial charge in [0.1, 0.15) is 0 Å². The molecule has 0 aliphatic rings. The molecule has 0 atom stereocenters. The summed E-state index contributed by atoms with van der Waals surface area (Å²) in [6, 6.07) is 0. The minimum absolute atomic E-state index is 0. The summed E-state index contributed by atoms with van der Waals surface area (Å²) < 4.78 is 31.1. The van der Waals surface area contributed by atoms with E-state index >= 15 is 0 Å². The monoisotopic (exact) mass is 1060 g/mol. The van der Waals surface area contributed by atoms with Crippen molar-refractivity contribution in [2.45, 2.75) is 273 Å². The van der Waals surface area contributed by atoms with Crippen LogP contribution in [0.1, 0.15) is 273 Å². The van der Waals surface area contributed by atoms with Crippen LogP contribution in [0.4, 0.5) is 0 Å². The average Bonchev–Trinajstić information content (AvgIpc) is 3.25. The van der Waals surface area contributed by atoms with Crippen molar-refractivity contribution < 1.29 is 82.7 Å². The first-order valence-corrected chi connectivity index (χ1v) is 28.9. The quantitative estimate of drug-likeness (QED) is 0.0433. The van der Waals surface area contributed by atoms with Crippen LogP contribution in [0.3, 0.4) is 0 Å². The van der Waals surface area contributed by atoms with E-state index in [4.69, 9.17) is 27.1 Å². The summed E-state index contributed by atoms with van der Waals surface area (Å²) in [5, 5.41) is 0. The number of unbranched alkanes of at least 4 members (excludes halogenated alkanes) is 30. The normalized spacial score (nSPS) is 11.2. The van der Waals surface area contributed by atoms with Crippen LogP contribution in [0, 0.1) is 40.8 Å². The van der Waals surface area contributed by atoms with Crippen LogP contribution in [-0.4, -0.2) is 39.6 Å². The largest absolute Gasteiger partial charge is 3.00 e. The smallest absolute Gasteiger partial charge is 0.786 e. The number of hydrogen-bond acceptors (Lipinski definition) is 9. The molecule has 367 valence electrons. The van der Waals surface area contributed by atoms with E-state index in [9.17, 15) is 14.7 Å². The molecule has 0 amide bonds. The van der Waals surface area contributed by atoms with Gasteiger partial charge in [-0.15, -0.1) is 0 Å². The fraction of sp³-hybridized carbons (Fsp3) is 1.00. The summed E-state index contributed by atoms with van der Waals surface area (Å²) in [5.41, 5.74) is 0. The molecule has 9 nitrogen and oxygen atoms in total. The molecule has 0 aliphatic heterocycles. The Morgan fingerprint density at radius 2 is 0.328 bits per heavy atom. The van der Waals surface area contributed by atoms with Gasteiger partial charge in [-0.1, -0.05) is 234 Å². The van der Waals surface area contributed by atoms with Crippen molar-refractivity contribution in [2.24, 2.45) is 0 Å². The molecule has 0 aliphatic carbocycles. The van der Waals surface area contributed by atoms with E-state index in [1.165, 1.54) is 193 Å². The number of rotatable bonds is 48. The second kappa shape index (κ2) is 66.6. The molecule has 0 fully saturated rings. The zero-order valence-electron chi connectivity index (χ0n) is 41.2. The van der Waals surface area contributed by atoms with Crippen LogP contribution in [-0.2, 0) is 27.1 Å². The summed E-state index contributed by atoms with van der Waals surface area (Å²) in [5.74, 6) is 0. The second-order valence-electron chi connectivity index (χ2n) is 16.3. The van der Waals surface area contributed by atoms with Gasteiger partial charge in [-0.2, -0.15) is 0 Å². The minimum Gasteiger partial charge on any atom is -0.786 e. The van der Waals surface area contributed by atoms with Crippen LogP contribution in [0.15, 0.2) is 0 Å². The third kappa shape index (κ3) is 71.4. The predicted octanol–water partition coefficient (Wildman–Crippen LogP) is 16.0. The molecule has 0 saturated heterocycles. The van der Waals surface area contributed by atoms with Gasteiger partial charge in [0.15, 0.2) is 0 Å². The van der Waals surface area contributed by atoms with Crippen molar-refractivity contribution in [3.8, 4) is 0 Å². The molecule has 1 radical (unpaired) electrons. The van der Waals surface area contributed by atoms with Gasteiger partial charge >= 0.3 is 40.8 Å². The standard InChI is InChI=1S/3C16H34O3P.Nd/c3*1-3-5-7-9-11-13-15-18-20(17)19-16-14-12-10-8-6-4-2;/h3*3-16H2,1-2H3;/q3*-1;+3. The summed E-state index contributed by atoms with van der Waals surface area (Å²) in [4.78, 5) is 34.3. The summed E-state index contributed by atoms with van der Waals surface area (Å²) in [7, 11) is -5.66. The molecule has 0 saturated carbocycles. The molecular formula is C48H102NdO9P3. The Labute approximate surface area is 417 Å². The van der Waals surface area contributed by atoms with Gasteiger partial charge in [-0.25, -0.2) is 0 Å². The average molecular weight is 1060 g/mol. The summed E-state index contributed by atoms with van der Waals surface area (Å²) in [6.45, 7) is 16.7. The van der Waals surface area contributed by atoms with Crippen molar-refractivity contribution in [2.75, 3.05) is 39.6 Å². The van der Waals surface area contributed by atoms with E-state index in [1.807, 2.05) is 0 Å². The van der Waals surface area contributed by atoms with Gasteiger partial charge in [0.25, 0.3) is 0 Å². The topological polar surface area (TPSA) is 125 Å². The van der Waals surface area contributed by atoms with Gasteiger partial charge in [0, 0.05) is 0 Å². The molecule has 0 N–H and O–H groups in total. The number of hydrogen-bond donors (Lipinski definition) is 0. The molecule has 0 aromatic heterocycles. The Kier molecular flexibility index (Phi) is 76.2. The van der Waals surface area contributed by atoms with Crippen molar-refractivity contribution in [1.82, 2.24) is 0 Å². The van der Waals surface area contributed by atoms with Gasteiger partial charge in [0.05, 0.1) is 65.4 Å². The zero-order chi connectivity index (χ0) is 44.7. The summed E-state index contributed by atoms with van der Waals surface area (Å²) in [6.07, 6.45) is 43.8. The molecule has 0 rings (SSSR count). The van der Waals surface area contributed by atoms with Crippen LogP contribution >= 0.6 is 25.8 Å². The van der Waals surface area contributed by atoms with Crippen molar-refractivity contribution in [3.63, 3.8) is 0 Å². The Morgan fingerprint density at radius 1 is 0.213 bits per heavy atom. The molecule has 61 heavy (non-hydrogen) atoms. The van der Waals surface area contributed by atoms with Crippen LogP contribution in [0.5, 0.6) is 0 Å². The first-order chi connectivity index (χ1) is 29.4. The minimum atomic E-state index is -1.89. The van der Waals surface area contributed by atoms with E-state index in [0.29, 0.717) is 39.6 Å². The molecule has 13 heteroatoms. The molecule has 0 unspecified atom stereocenters. The van der Waals surface area contributed by atoms with Gasteiger partial charge in [-0.3, -0.25) is 0 Å². The first kappa shape index (κ1) is 69.8. The maximum Gasteiger partial charge on any atom is 3.00 e. The molecule has 0 heterocycles. The van der Waals surface area contributed by atoms with E-state index in [2.05, 4.69) is 41.5 Å². The maximum atomic E-state index is 11.4.